The summed E-state index contributed by atoms with van der Waals surface area (Å²) in [6.45, 7) is 9.14. The van der Waals surface area contributed by atoms with Crippen LogP contribution >= 0.6 is 0 Å². The van der Waals surface area contributed by atoms with Gasteiger partial charge in [0.1, 0.15) is 0 Å². The first-order valence-corrected chi connectivity index (χ1v) is 15.0. The van der Waals surface area contributed by atoms with E-state index in [4.69, 9.17) is 4.78 Å². The first-order chi connectivity index (χ1) is 16.2. The minimum Gasteiger partial charge on any atom is -0.393 e. The van der Waals surface area contributed by atoms with Crippen molar-refractivity contribution >= 4 is 9.73 Å². The van der Waals surface area contributed by atoms with E-state index < -0.39 is 9.73 Å². The normalized spacial score (nSPS) is 34.7. The highest BCUT2D eigenvalue weighted by Crippen LogP contribution is 2.59. The molecule has 0 bridgehead atoms. The third-order valence-electron chi connectivity index (χ3n) is 9.13. The molecule has 6 atom stereocenters. The second-order valence-electron chi connectivity index (χ2n) is 11.3. The van der Waals surface area contributed by atoms with Crippen LogP contribution in [0.1, 0.15) is 78.1 Å². The third-order valence-corrected chi connectivity index (χ3v) is 11.0. The Morgan fingerprint density at radius 3 is 2.74 bits per heavy atom. The lowest BCUT2D eigenvalue weighted by Crippen LogP contribution is -2.36. The molecule has 4 unspecified atom stereocenters. The van der Waals surface area contributed by atoms with Gasteiger partial charge in [0.2, 0.25) is 0 Å². The SMILES string of the molecule is C=C1CCC(O)C/C1=C/C=C1\CCC[C@]2(C)C(C(C)CCCS(=N)(=O)c3ccccc3)CC[C@@H]12. The second kappa shape index (κ2) is 10.5. The largest absolute Gasteiger partial charge is 0.393 e. The van der Waals surface area contributed by atoms with Gasteiger partial charge in [0, 0.05) is 10.6 Å². The van der Waals surface area contributed by atoms with Gasteiger partial charge in [-0.15, -0.1) is 0 Å². The second-order valence-corrected chi connectivity index (χ2v) is 13.6. The predicted octanol–water partition coefficient (Wildman–Crippen LogP) is 7.68. The molecule has 0 amide bonds. The summed E-state index contributed by atoms with van der Waals surface area (Å²) in [4.78, 5) is 0.667. The van der Waals surface area contributed by atoms with Gasteiger partial charge in [-0.3, -0.25) is 0 Å². The first-order valence-electron chi connectivity index (χ1n) is 13.3. The maximum Gasteiger partial charge on any atom is 0.0726 e. The molecule has 0 radical (unpaired) electrons. The van der Waals surface area contributed by atoms with Crippen LogP contribution in [0.3, 0.4) is 0 Å². The van der Waals surface area contributed by atoms with Crippen LogP contribution in [0.15, 0.2) is 70.7 Å². The Morgan fingerprint density at radius 2 is 1.97 bits per heavy atom. The molecular weight excluding hydrogens is 438 g/mol. The maximum absolute atomic E-state index is 12.9. The zero-order chi connectivity index (χ0) is 24.3. The smallest absolute Gasteiger partial charge is 0.0726 e. The van der Waals surface area contributed by atoms with Crippen LogP contribution < -0.4 is 0 Å². The van der Waals surface area contributed by atoms with Crippen molar-refractivity contribution in [1.82, 2.24) is 0 Å². The Kier molecular flexibility index (Phi) is 7.89. The van der Waals surface area contributed by atoms with Crippen molar-refractivity contribution in [1.29, 1.82) is 4.78 Å². The highest BCUT2D eigenvalue weighted by molar-refractivity contribution is 7.92. The molecule has 0 aliphatic heterocycles. The lowest BCUT2D eigenvalue weighted by atomic mass is 9.61. The van der Waals surface area contributed by atoms with Gasteiger partial charge in [0.05, 0.1) is 15.8 Å². The number of fused-ring (bicyclic) bond motifs is 1. The van der Waals surface area contributed by atoms with E-state index in [0.717, 1.165) is 32.1 Å². The fourth-order valence-electron chi connectivity index (χ4n) is 7.18. The lowest BCUT2D eigenvalue weighted by Gasteiger charge is -2.44. The van der Waals surface area contributed by atoms with E-state index in [0.29, 0.717) is 33.8 Å². The monoisotopic (exact) mass is 481 g/mol. The summed E-state index contributed by atoms with van der Waals surface area (Å²) < 4.78 is 21.3. The summed E-state index contributed by atoms with van der Waals surface area (Å²) in [5.74, 6) is 2.39. The van der Waals surface area contributed by atoms with Crippen LogP contribution in [0.4, 0.5) is 0 Å². The number of hydrogen-bond acceptors (Lipinski definition) is 3. The van der Waals surface area contributed by atoms with Crippen LogP contribution in [-0.2, 0) is 9.73 Å². The number of aliphatic hydroxyl groups is 1. The molecule has 2 N–H and O–H groups in total. The standard InChI is InChI=1S/C30H43NO2S/c1-22-13-16-26(32)21-25(22)15-14-24-10-7-19-30(3)28(17-18-29(24)30)23(2)9-8-20-34(31,33)27-11-5-4-6-12-27/h4-6,11-12,14-15,23,26,28-29,31-32H,1,7-10,13,16-21H2,2-3H3/b24-14+,25-15-/t23?,26?,28?,29-,30+,34?/m0/s1. The van der Waals surface area contributed by atoms with Crippen LogP contribution in [0.2, 0.25) is 0 Å². The van der Waals surface area contributed by atoms with Gasteiger partial charge >= 0.3 is 0 Å². The van der Waals surface area contributed by atoms with Crippen molar-refractivity contribution in [2.45, 2.75) is 89.1 Å². The number of nitrogens with one attached hydrogen (secondary N) is 1. The molecule has 4 heteroatoms. The molecule has 3 nitrogen and oxygen atoms in total. The molecule has 34 heavy (non-hydrogen) atoms. The van der Waals surface area contributed by atoms with E-state index in [2.05, 4.69) is 32.6 Å². The topological polar surface area (TPSA) is 61.1 Å². The van der Waals surface area contributed by atoms with Gasteiger partial charge in [-0.05, 0) is 105 Å². The molecular formula is C30H43NO2S. The predicted molar refractivity (Wildman–Crippen MR) is 142 cm³/mol. The van der Waals surface area contributed by atoms with Crippen molar-refractivity contribution in [3.63, 3.8) is 0 Å². The molecule has 0 spiro atoms. The van der Waals surface area contributed by atoms with Crippen molar-refractivity contribution in [3.05, 3.63) is 65.8 Å². The Labute approximate surface area is 207 Å². The average molecular weight is 482 g/mol. The van der Waals surface area contributed by atoms with Gasteiger partial charge in [0.15, 0.2) is 0 Å². The van der Waals surface area contributed by atoms with Gasteiger partial charge in [-0.2, -0.15) is 0 Å². The van der Waals surface area contributed by atoms with E-state index in [1.807, 2.05) is 30.3 Å². The Balaban J connectivity index is 1.40. The molecule has 3 aliphatic carbocycles. The lowest BCUT2D eigenvalue weighted by molar-refractivity contribution is 0.0941. The van der Waals surface area contributed by atoms with Crippen LogP contribution in [0, 0.1) is 27.9 Å². The number of hydrogen-bond donors (Lipinski definition) is 2. The fraction of sp³-hybridized carbons (Fsp3) is 0.600. The van der Waals surface area contributed by atoms with Crippen molar-refractivity contribution in [3.8, 4) is 0 Å². The summed E-state index contributed by atoms with van der Waals surface area (Å²) in [5, 5.41) is 10.1. The Morgan fingerprint density at radius 1 is 1.21 bits per heavy atom. The van der Waals surface area contributed by atoms with Gasteiger partial charge in [-0.1, -0.05) is 61.9 Å². The van der Waals surface area contributed by atoms with Gasteiger partial charge < -0.3 is 5.11 Å². The van der Waals surface area contributed by atoms with E-state index in [1.54, 1.807) is 5.57 Å². The molecule has 0 aromatic heterocycles. The minimum atomic E-state index is -2.69. The van der Waals surface area contributed by atoms with E-state index in [9.17, 15) is 9.32 Å². The van der Waals surface area contributed by atoms with Gasteiger partial charge in [0.25, 0.3) is 0 Å². The Bertz CT molecular complexity index is 1040. The number of allylic oxidation sites excluding steroid dienone is 4. The summed E-state index contributed by atoms with van der Waals surface area (Å²) in [6.07, 6.45) is 15.1. The molecule has 1 aromatic carbocycles. The molecule has 1 aromatic rings. The summed E-state index contributed by atoms with van der Waals surface area (Å²) in [5.41, 5.74) is 4.37. The molecule has 4 rings (SSSR count). The number of benzene rings is 1. The zero-order valence-electron chi connectivity index (χ0n) is 21.1. The summed E-state index contributed by atoms with van der Waals surface area (Å²) >= 11 is 0. The zero-order valence-corrected chi connectivity index (χ0v) is 21.9. The fourth-order valence-corrected chi connectivity index (χ4v) is 8.58. The van der Waals surface area contributed by atoms with Gasteiger partial charge in [-0.25, -0.2) is 8.99 Å². The quantitative estimate of drug-likeness (QED) is 0.419. The molecule has 3 aliphatic rings. The molecule has 3 saturated carbocycles. The third kappa shape index (κ3) is 5.44. The maximum atomic E-state index is 12.9. The van der Waals surface area contributed by atoms with Crippen molar-refractivity contribution in [2.75, 3.05) is 5.75 Å². The Hall–Kier alpha value is -1.65. The average Bonchev–Trinajstić information content (AvgIpc) is 3.17. The number of rotatable bonds is 7. The minimum absolute atomic E-state index is 0.219. The molecule has 0 saturated heterocycles. The highest BCUT2D eigenvalue weighted by Gasteiger charge is 2.50. The summed E-state index contributed by atoms with van der Waals surface area (Å²) in [7, 11) is -2.69. The number of aliphatic hydroxyl groups excluding tert-OH is 1. The van der Waals surface area contributed by atoms with Crippen LogP contribution in [-0.4, -0.2) is 21.2 Å². The van der Waals surface area contributed by atoms with E-state index in [1.165, 1.54) is 43.3 Å². The van der Waals surface area contributed by atoms with Crippen LogP contribution in [0.25, 0.3) is 0 Å². The molecule has 3 fully saturated rings. The van der Waals surface area contributed by atoms with Crippen molar-refractivity contribution in [2.24, 2.45) is 23.2 Å². The summed E-state index contributed by atoms with van der Waals surface area (Å²) in [6, 6.07) is 9.33. The van der Waals surface area contributed by atoms with E-state index >= 15 is 0 Å². The first kappa shape index (κ1) is 25.4. The molecule has 186 valence electrons. The highest BCUT2D eigenvalue weighted by atomic mass is 32.2. The molecule has 0 heterocycles. The van der Waals surface area contributed by atoms with E-state index in [-0.39, 0.29) is 6.10 Å². The van der Waals surface area contributed by atoms with Crippen LogP contribution in [0.5, 0.6) is 0 Å². The van der Waals surface area contributed by atoms with Crippen molar-refractivity contribution < 1.29 is 9.32 Å².